The van der Waals surface area contributed by atoms with Crippen LogP contribution in [0.2, 0.25) is 0 Å². The van der Waals surface area contributed by atoms with Crippen molar-refractivity contribution in [3.8, 4) is 0 Å². The van der Waals surface area contributed by atoms with Gasteiger partial charge in [0.2, 0.25) is 0 Å². The highest BCUT2D eigenvalue weighted by Crippen LogP contribution is 2.32. The normalized spacial score (nSPS) is 13.6. The summed E-state index contributed by atoms with van der Waals surface area (Å²) in [4.78, 5) is 16.4. The largest absolute Gasteiger partial charge is 0.472 e. The molecule has 0 radical (unpaired) electrons. The van der Waals surface area contributed by atoms with Gasteiger partial charge in [-0.25, -0.2) is 0 Å². The van der Waals surface area contributed by atoms with E-state index in [1.807, 2.05) is 41.8 Å². The fourth-order valence-corrected chi connectivity index (χ4v) is 3.69. The van der Waals surface area contributed by atoms with Crippen LogP contribution >= 0.6 is 11.3 Å². The number of nitrogens with one attached hydrogen (secondary N) is 2. The van der Waals surface area contributed by atoms with Crippen molar-refractivity contribution in [1.29, 1.82) is 0 Å². The van der Waals surface area contributed by atoms with Crippen molar-refractivity contribution < 1.29 is 14.3 Å². The third-order valence-corrected chi connectivity index (χ3v) is 5.23. The minimum atomic E-state index is -1.33. The fraction of sp³-hybridized carbons (Fsp3) is 0.105. The number of aromatic nitrogens is 1. The molecule has 5 nitrogen and oxygen atoms in total. The lowest BCUT2D eigenvalue weighted by Gasteiger charge is -2.26. The van der Waals surface area contributed by atoms with Gasteiger partial charge in [-0.3, -0.25) is 4.79 Å². The van der Waals surface area contributed by atoms with E-state index < -0.39 is 5.60 Å². The summed E-state index contributed by atoms with van der Waals surface area (Å²) in [6, 6.07) is 14.9. The van der Waals surface area contributed by atoms with Crippen molar-refractivity contribution in [3.63, 3.8) is 0 Å². The number of amides is 1. The Morgan fingerprint density at radius 3 is 2.84 bits per heavy atom. The zero-order valence-corrected chi connectivity index (χ0v) is 14.0. The van der Waals surface area contributed by atoms with Gasteiger partial charge in [-0.05, 0) is 29.6 Å². The summed E-state index contributed by atoms with van der Waals surface area (Å²) in [6.45, 7) is 0.0429. The molecule has 0 aliphatic rings. The van der Waals surface area contributed by atoms with Crippen molar-refractivity contribution in [2.75, 3.05) is 6.54 Å². The summed E-state index contributed by atoms with van der Waals surface area (Å²) in [5, 5.41) is 16.9. The lowest BCUT2D eigenvalue weighted by molar-refractivity contribution is 0.0712. The Hall–Kier alpha value is -2.83. The van der Waals surface area contributed by atoms with E-state index in [0.717, 1.165) is 15.8 Å². The number of furan rings is 1. The predicted octanol–water partition coefficient (Wildman–Crippen LogP) is 3.49. The highest BCUT2D eigenvalue weighted by Gasteiger charge is 2.34. The number of benzene rings is 1. The summed E-state index contributed by atoms with van der Waals surface area (Å²) in [5.74, 6) is -0.269. The summed E-state index contributed by atoms with van der Waals surface area (Å²) in [7, 11) is 0. The van der Waals surface area contributed by atoms with Gasteiger partial charge >= 0.3 is 0 Å². The Kier molecular flexibility index (Phi) is 3.91. The molecule has 3 N–H and O–H groups in total. The number of para-hydroxylation sites is 1. The minimum Gasteiger partial charge on any atom is -0.472 e. The number of fused-ring (bicyclic) bond motifs is 1. The maximum atomic E-state index is 12.5. The van der Waals surface area contributed by atoms with Crippen molar-refractivity contribution in [2.24, 2.45) is 0 Å². The summed E-state index contributed by atoms with van der Waals surface area (Å²) >= 11 is 1.43. The van der Waals surface area contributed by atoms with Crippen LogP contribution in [-0.2, 0) is 5.60 Å². The second-order valence-electron chi connectivity index (χ2n) is 5.80. The Morgan fingerprint density at radius 1 is 1.24 bits per heavy atom. The average molecular weight is 352 g/mol. The molecule has 0 saturated carbocycles. The van der Waals surface area contributed by atoms with E-state index in [0.29, 0.717) is 11.3 Å². The van der Waals surface area contributed by atoms with Gasteiger partial charge in [0.1, 0.15) is 11.3 Å². The standard InChI is InChI=1S/C19H16N2O3S/c22-18(16-10-13-4-1-2-5-15(13)21-16)20-12-19(23,14-7-8-24-11-14)17-6-3-9-25-17/h1-11,21,23H,12H2,(H,20,22)/t19-/m1/s1. The van der Waals surface area contributed by atoms with Crippen molar-refractivity contribution in [2.45, 2.75) is 5.60 Å². The summed E-state index contributed by atoms with van der Waals surface area (Å²) in [6.07, 6.45) is 3.00. The van der Waals surface area contributed by atoms with E-state index in [1.165, 1.54) is 23.9 Å². The molecule has 1 amide bonds. The second-order valence-corrected chi connectivity index (χ2v) is 6.75. The molecule has 0 spiro atoms. The number of hydrogen-bond acceptors (Lipinski definition) is 4. The molecule has 6 heteroatoms. The molecular formula is C19H16N2O3S. The van der Waals surface area contributed by atoms with Crippen molar-refractivity contribution in [3.05, 3.63) is 82.6 Å². The molecule has 3 aromatic heterocycles. The molecule has 126 valence electrons. The maximum Gasteiger partial charge on any atom is 0.267 e. The molecule has 0 saturated heterocycles. The Bertz CT molecular complexity index is 920. The van der Waals surface area contributed by atoms with Crippen LogP contribution in [0.1, 0.15) is 20.9 Å². The Labute approximate surface area is 147 Å². The molecule has 4 aromatic rings. The van der Waals surface area contributed by atoms with Crippen molar-refractivity contribution in [1.82, 2.24) is 10.3 Å². The molecule has 4 rings (SSSR count). The maximum absolute atomic E-state index is 12.5. The molecule has 1 aromatic carbocycles. The summed E-state index contributed by atoms with van der Waals surface area (Å²) < 4.78 is 5.12. The van der Waals surface area contributed by atoms with E-state index in [9.17, 15) is 9.90 Å². The highest BCUT2D eigenvalue weighted by molar-refractivity contribution is 7.10. The van der Waals surface area contributed by atoms with Gasteiger partial charge < -0.3 is 19.8 Å². The molecular weight excluding hydrogens is 336 g/mol. The molecule has 0 fully saturated rings. The van der Waals surface area contributed by atoms with Crippen LogP contribution in [-0.4, -0.2) is 22.5 Å². The number of carbonyl (C=O) groups excluding carboxylic acids is 1. The van der Waals surface area contributed by atoms with Crippen LogP contribution < -0.4 is 5.32 Å². The zero-order chi connectivity index (χ0) is 17.3. The Balaban J connectivity index is 1.58. The first-order chi connectivity index (χ1) is 12.2. The van der Waals surface area contributed by atoms with E-state index >= 15 is 0 Å². The number of thiophene rings is 1. The van der Waals surface area contributed by atoms with Gasteiger partial charge in [-0.1, -0.05) is 24.3 Å². The van der Waals surface area contributed by atoms with Gasteiger partial charge in [0.15, 0.2) is 0 Å². The molecule has 3 heterocycles. The van der Waals surface area contributed by atoms with Crippen LogP contribution in [0.4, 0.5) is 0 Å². The lowest BCUT2D eigenvalue weighted by atomic mass is 9.94. The van der Waals surface area contributed by atoms with Crippen LogP contribution in [0, 0.1) is 0 Å². The third-order valence-electron chi connectivity index (χ3n) is 4.21. The molecule has 0 aliphatic heterocycles. The van der Waals surface area contributed by atoms with Gasteiger partial charge in [0.05, 0.1) is 19.1 Å². The molecule has 1 atom stereocenters. The lowest BCUT2D eigenvalue weighted by Crippen LogP contribution is -2.41. The third kappa shape index (κ3) is 2.86. The number of aromatic amines is 1. The Morgan fingerprint density at radius 2 is 2.12 bits per heavy atom. The predicted molar refractivity (Wildman–Crippen MR) is 96.7 cm³/mol. The van der Waals surface area contributed by atoms with Gasteiger partial charge in [-0.2, -0.15) is 0 Å². The van der Waals surface area contributed by atoms with Crippen molar-refractivity contribution >= 4 is 28.1 Å². The van der Waals surface area contributed by atoms with Crippen LogP contribution in [0.15, 0.2) is 70.9 Å². The fourth-order valence-electron chi connectivity index (χ4n) is 2.84. The van der Waals surface area contributed by atoms with E-state index in [4.69, 9.17) is 4.42 Å². The van der Waals surface area contributed by atoms with Gasteiger partial charge in [-0.15, -0.1) is 11.3 Å². The monoisotopic (exact) mass is 352 g/mol. The molecule has 0 unspecified atom stereocenters. The highest BCUT2D eigenvalue weighted by atomic mass is 32.1. The van der Waals surface area contributed by atoms with E-state index in [-0.39, 0.29) is 12.5 Å². The number of H-pyrrole nitrogens is 1. The molecule has 0 aliphatic carbocycles. The van der Waals surface area contributed by atoms with Crippen LogP contribution in [0.25, 0.3) is 10.9 Å². The molecule has 25 heavy (non-hydrogen) atoms. The first kappa shape index (κ1) is 15.7. The second kappa shape index (κ2) is 6.23. The number of carbonyl (C=O) groups is 1. The topological polar surface area (TPSA) is 78.3 Å². The SMILES string of the molecule is O=C(NC[C@@](O)(c1ccoc1)c1cccs1)c1cc2ccccc2[nH]1. The van der Waals surface area contributed by atoms with Crippen LogP contribution in [0.3, 0.4) is 0 Å². The molecule has 0 bridgehead atoms. The van der Waals surface area contributed by atoms with E-state index in [1.54, 1.807) is 12.1 Å². The first-order valence-corrected chi connectivity index (χ1v) is 8.70. The smallest absolute Gasteiger partial charge is 0.267 e. The quantitative estimate of drug-likeness (QED) is 0.514. The number of rotatable bonds is 5. The first-order valence-electron chi connectivity index (χ1n) is 7.82. The number of aliphatic hydroxyl groups is 1. The van der Waals surface area contributed by atoms with E-state index in [2.05, 4.69) is 10.3 Å². The zero-order valence-electron chi connectivity index (χ0n) is 13.2. The van der Waals surface area contributed by atoms with Gasteiger partial charge in [0.25, 0.3) is 5.91 Å². The average Bonchev–Trinajstić information content (AvgIpc) is 3.40. The minimum absolute atomic E-state index is 0.0429. The van der Waals surface area contributed by atoms with Gasteiger partial charge in [0, 0.05) is 21.3 Å². The van der Waals surface area contributed by atoms with Crippen LogP contribution in [0.5, 0.6) is 0 Å². The summed E-state index contributed by atoms with van der Waals surface area (Å²) in [5.41, 5.74) is 0.632. The number of hydrogen-bond donors (Lipinski definition) is 3.